The molecule has 0 unspecified atom stereocenters. The van der Waals surface area contributed by atoms with Crippen LogP contribution >= 0.6 is 0 Å². The van der Waals surface area contributed by atoms with E-state index in [-0.39, 0.29) is 5.82 Å². The summed E-state index contributed by atoms with van der Waals surface area (Å²) in [6.07, 6.45) is 3.59. The van der Waals surface area contributed by atoms with Crippen LogP contribution in [-0.2, 0) is 0 Å². The third kappa shape index (κ3) is 3.20. The van der Waals surface area contributed by atoms with Crippen molar-refractivity contribution < 1.29 is 13.7 Å². The Morgan fingerprint density at radius 1 is 1.00 bits per heavy atom. The van der Waals surface area contributed by atoms with E-state index in [1.165, 1.54) is 12.1 Å². The van der Waals surface area contributed by atoms with Crippen LogP contribution < -0.4 is 4.74 Å². The van der Waals surface area contributed by atoms with Crippen molar-refractivity contribution in [3.8, 4) is 17.1 Å². The van der Waals surface area contributed by atoms with E-state index in [2.05, 4.69) is 10.1 Å². The molecule has 22 heavy (non-hydrogen) atoms. The number of benzene rings is 2. The molecule has 1 heterocycles. The molecule has 5 heteroatoms. The van der Waals surface area contributed by atoms with Crippen molar-refractivity contribution in [1.82, 2.24) is 10.1 Å². The smallest absolute Gasteiger partial charge is 0.250 e. The topological polar surface area (TPSA) is 48.2 Å². The Kier molecular flexibility index (Phi) is 3.96. The van der Waals surface area contributed by atoms with E-state index in [4.69, 9.17) is 9.26 Å². The molecule has 0 atom stereocenters. The molecule has 0 aliphatic heterocycles. The number of aromatic nitrogens is 2. The Bertz CT molecular complexity index is 777. The van der Waals surface area contributed by atoms with Crippen molar-refractivity contribution in [3.05, 3.63) is 65.8 Å². The first-order valence-corrected chi connectivity index (χ1v) is 6.66. The van der Waals surface area contributed by atoms with Crippen molar-refractivity contribution in [1.29, 1.82) is 0 Å². The molecule has 0 spiro atoms. The van der Waals surface area contributed by atoms with E-state index in [1.807, 2.05) is 30.3 Å². The van der Waals surface area contributed by atoms with Gasteiger partial charge < -0.3 is 9.26 Å². The quantitative estimate of drug-likeness (QED) is 0.728. The number of halogens is 1. The summed E-state index contributed by atoms with van der Waals surface area (Å²) < 4.78 is 23.1. The van der Waals surface area contributed by atoms with Gasteiger partial charge in [0.05, 0.1) is 7.11 Å². The second-order valence-corrected chi connectivity index (χ2v) is 4.57. The zero-order valence-electron chi connectivity index (χ0n) is 11.9. The molecule has 1 aromatic heterocycles. The molecule has 3 rings (SSSR count). The van der Waals surface area contributed by atoms with Gasteiger partial charge >= 0.3 is 0 Å². The second-order valence-electron chi connectivity index (χ2n) is 4.57. The van der Waals surface area contributed by atoms with Crippen LogP contribution in [0, 0.1) is 5.82 Å². The van der Waals surface area contributed by atoms with Crippen LogP contribution in [0.4, 0.5) is 4.39 Å². The van der Waals surface area contributed by atoms with E-state index in [0.717, 1.165) is 11.3 Å². The molecule has 0 radical (unpaired) electrons. The summed E-state index contributed by atoms with van der Waals surface area (Å²) in [5.41, 5.74) is 1.69. The highest BCUT2D eigenvalue weighted by Crippen LogP contribution is 2.18. The molecule has 0 saturated carbocycles. The Labute approximate surface area is 126 Å². The van der Waals surface area contributed by atoms with Crippen LogP contribution in [0.3, 0.4) is 0 Å². The van der Waals surface area contributed by atoms with Crippen LogP contribution in [0.25, 0.3) is 23.5 Å². The number of nitrogens with zero attached hydrogens (tertiary/aromatic N) is 2. The van der Waals surface area contributed by atoms with Gasteiger partial charge in [0.15, 0.2) is 0 Å². The number of methoxy groups -OCH3 is 1. The normalized spacial score (nSPS) is 11.0. The van der Waals surface area contributed by atoms with Gasteiger partial charge in [-0.3, -0.25) is 0 Å². The average molecular weight is 296 g/mol. The molecule has 110 valence electrons. The Morgan fingerprint density at radius 3 is 2.41 bits per heavy atom. The zero-order valence-corrected chi connectivity index (χ0v) is 11.9. The first-order chi connectivity index (χ1) is 10.7. The van der Waals surface area contributed by atoms with Gasteiger partial charge in [-0.25, -0.2) is 4.39 Å². The lowest BCUT2D eigenvalue weighted by atomic mass is 10.2. The first kappa shape index (κ1) is 14.0. The highest BCUT2D eigenvalue weighted by Gasteiger charge is 2.06. The van der Waals surface area contributed by atoms with E-state index < -0.39 is 0 Å². The van der Waals surface area contributed by atoms with Crippen LogP contribution in [0.15, 0.2) is 53.1 Å². The van der Waals surface area contributed by atoms with Gasteiger partial charge in [0, 0.05) is 11.6 Å². The van der Waals surface area contributed by atoms with Crippen molar-refractivity contribution in [2.45, 2.75) is 0 Å². The van der Waals surface area contributed by atoms with E-state index in [1.54, 1.807) is 25.3 Å². The number of rotatable bonds is 4. The standard InChI is InChI=1S/C17H13FN2O2/c1-21-15-9-2-12(3-10-15)4-11-16-19-17(20-22-16)13-5-7-14(18)8-6-13/h2-11H,1H3/b11-4+. The van der Waals surface area contributed by atoms with E-state index in [0.29, 0.717) is 17.3 Å². The number of hydrogen-bond donors (Lipinski definition) is 0. The van der Waals surface area contributed by atoms with Gasteiger partial charge in [0.2, 0.25) is 5.82 Å². The predicted octanol–water partition coefficient (Wildman–Crippen LogP) is 4.05. The van der Waals surface area contributed by atoms with E-state index in [9.17, 15) is 4.39 Å². The minimum atomic E-state index is -0.299. The Morgan fingerprint density at radius 2 is 1.73 bits per heavy atom. The molecule has 0 aliphatic rings. The third-order valence-corrected chi connectivity index (χ3v) is 3.08. The number of hydrogen-bond acceptors (Lipinski definition) is 4. The maximum Gasteiger partial charge on any atom is 0.250 e. The first-order valence-electron chi connectivity index (χ1n) is 6.66. The predicted molar refractivity (Wildman–Crippen MR) is 81.6 cm³/mol. The van der Waals surface area contributed by atoms with Crippen molar-refractivity contribution in [2.24, 2.45) is 0 Å². The second kappa shape index (κ2) is 6.22. The Balaban J connectivity index is 1.75. The molecule has 0 N–H and O–H groups in total. The van der Waals surface area contributed by atoms with Gasteiger partial charge in [-0.05, 0) is 48.0 Å². The maximum atomic E-state index is 12.9. The molecule has 0 saturated heterocycles. The highest BCUT2D eigenvalue weighted by molar-refractivity contribution is 5.67. The van der Waals surface area contributed by atoms with Crippen molar-refractivity contribution in [3.63, 3.8) is 0 Å². The lowest BCUT2D eigenvalue weighted by Gasteiger charge is -1.98. The fourth-order valence-corrected chi connectivity index (χ4v) is 1.90. The molecular weight excluding hydrogens is 283 g/mol. The van der Waals surface area contributed by atoms with Gasteiger partial charge in [0.1, 0.15) is 11.6 Å². The minimum absolute atomic E-state index is 0.299. The molecule has 2 aromatic carbocycles. The maximum absolute atomic E-state index is 12.9. The monoisotopic (exact) mass is 296 g/mol. The summed E-state index contributed by atoms with van der Waals surface area (Å²) >= 11 is 0. The average Bonchev–Trinajstić information content (AvgIpc) is 3.03. The molecule has 0 amide bonds. The highest BCUT2D eigenvalue weighted by atomic mass is 19.1. The van der Waals surface area contributed by atoms with Gasteiger partial charge in [-0.15, -0.1) is 0 Å². The van der Waals surface area contributed by atoms with E-state index >= 15 is 0 Å². The molecule has 3 aromatic rings. The summed E-state index contributed by atoms with van der Waals surface area (Å²) in [6, 6.07) is 13.5. The minimum Gasteiger partial charge on any atom is -0.497 e. The van der Waals surface area contributed by atoms with Gasteiger partial charge in [-0.1, -0.05) is 17.3 Å². The third-order valence-electron chi connectivity index (χ3n) is 3.08. The Hall–Kier alpha value is -2.95. The summed E-state index contributed by atoms with van der Waals surface area (Å²) in [6.45, 7) is 0. The van der Waals surface area contributed by atoms with Crippen LogP contribution in [0.2, 0.25) is 0 Å². The van der Waals surface area contributed by atoms with Crippen molar-refractivity contribution >= 4 is 12.2 Å². The largest absolute Gasteiger partial charge is 0.497 e. The number of ether oxygens (including phenoxy) is 1. The SMILES string of the molecule is COc1ccc(/C=C/c2nc(-c3ccc(F)cc3)no2)cc1. The zero-order chi connectivity index (χ0) is 15.4. The molecule has 0 fully saturated rings. The summed E-state index contributed by atoms with van der Waals surface area (Å²) in [5, 5.41) is 3.88. The van der Waals surface area contributed by atoms with Crippen LogP contribution in [-0.4, -0.2) is 17.3 Å². The lowest BCUT2D eigenvalue weighted by Crippen LogP contribution is -1.82. The van der Waals surface area contributed by atoms with Crippen LogP contribution in [0.1, 0.15) is 11.5 Å². The van der Waals surface area contributed by atoms with Gasteiger partial charge in [-0.2, -0.15) is 4.98 Å². The molecule has 4 nitrogen and oxygen atoms in total. The summed E-state index contributed by atoms with van der Waals surface area (Å²) in [7, 11) is 1.63. The fraction of sp³-hybridized carbons (Fsp3) is 0.0588. The summed E-state index contributed by atoms with van der Waals surface area (Å²) in [4.78, 5) is 4.25. The molecule has 0 aliphatic carbocycles. The molecular formula is C17H13FN2O2. The van der Waals surface area contributed by atoms with Crippen LogP contribution in [0.5, 0.6) is 5.75 Å². The van der Waals surface area contributed by atoms with Gasteiger partial charge in [0.25, 0.3) is 5.89 Å². The fourth-order valence-electron chi connectivity index (χ4n) is 1.90. The molecule has 0 bridgehead atoms. The van der Waals surface area contributed by atoms with Crippen molar-refractivity contribution in [2.75, 3.05) is 7.11 Å². The summed E-state index contributed by atoms with van der Waals surface area (Å²) in [5.74, 6) is 1.31. The lowest BCUT2D eigenvalue weighted by molar-refractivity contribution is 0.411.